The fourth-order valence-corrected chi connectivity index (χ4v) is 5.77. The molecular weight excluding hydrogens is 454 g/mol. The zero-order valence-corrected chi connectivity index (χ0v) is 19.3. The van der Waals surface area contributed by atoms with Crippen LogP contribution in [0.2, 0.25) is 5.02 Å². The number of ether oxygens (including phenoxy) is 1. The summed E-state index contributed by atoms with van der Waals surface area (Å²) in [5, 5.41) is 2.86. The first-order chi connectivity index (χ1) is 15.2. The zero-order chi connectivity index (χ0) is 23.3. The van der Waals surface area contributed by atoms with Crippen molar-refractivity contribution in [2.75, 3.05) is 19.0 Å². The van der Waals surface area contributed by atoms with E-state index < -0.39 is 21.8 Å². The molecule has 1 aliphatic rings. The Balaban J connectivity index is 1.84. The number of rotatable bonds is 8. The normalized spacial score (nSPS) is 14.8. The molecule has 1 aliphatic carbocycles. The molecule has 10 heteroatoms. The van der Waals surface area contributed by atoms with E-state index in [9.17, 15) is 18.0 Å². The molecule has 2 aromatic carbocycles. The lowest BCUT2D eigenvalue weighted by molar-refractivity contribution is -0.116. The SMILES string of the molecule is COc1ccc(S(=O)(=O)N(CC(=O)Nc2ccc(C(N)=O)cc2)C2CCCCC2)cc1Cl. The highest BCUT2D eigenvalue weighted by Gasteiger charge is 2.34. The second-order valence-electron chi connectivity index (χ2n) is 7.63. The van der Waals surface area contributed by atoms with E-state index in [0.717, 1.165) is 19.3 Å². The Morgan fingerprint density at radius 3 is 2.34 bits per heavy atom. The van der Waals surface area contributed by atoms with Gasteiger partial charge in [-0.2, -0.15) is 4.31 Å². The number of hydrogen-bond acceptors (Lipinski definition) is 5. The molecule has 0 saturated heterocycles. The van der Waals surface area contributed by atoms with Gasteiger partial charge in [0, 0.05) is 17.3 Å². The number of anilines is 1. The maximum absolute atomic E-state index is 13.5. The van der Waals surface area contributed by atoms with Crippen LogP contribution in [-0.2, 0) is 14.8 Å². The van der Waals surface area contributed by atoms with Gasteiger partial charge in [0.2, 0.25) is 21.8 Å². The van der Waals surface area contributed by atoms with Crippen LogP contribution in [0.15, 0.2) is 47.4 Å². The molecule has 0 atom stereocenters. The Labute approximate surface area is 192 Å². The average Bonchev–Trinajstić information content (AvgIpc) is 2.78. The lowest BCUT2D eigenvalue weighted by Gasteiger charge is -2.33. The molecular formula is C22H26ClN3O5S. The van der Waals surface area contributed by atoms with Gasteiger partial charge in [-0.05, 0) is 55.3 Å². The average molecular weight is 480 g/mol. The quantitative estimate of drug-likeness (QED) is 0.601. The molecule has 2 aromatic rings. The minimum atomic E-state index is -3.98. The largest absolute Gasteiger partial charge is 0.495 e. The fraction of sp³-hybridized carbons (Fsp3) is 0.364. The lowest BCUT2D eigenvalue weighted by Crippen LogP contribution is -2.45. The van der Waals surface area contributed by atoms with Crippen LogP contribution in [0.3, 0.4) is 0 Å². The van der Waals surface area contributed by atoms with Crippen LogP contribution in [0.5, 0.6) is 5.75 Å². The van der Waals surface area contributed by atoms with Gasteiger partial charge in [0.05, 0.1) is 23.6 Å². The number of amides is 2. The Hall–Kier alpha value is -2.62. The molecule has 0 heterocycles. The molecule has 172 valence electrons. The highest BCUT2D eigenvalue weighted by molar-refractivity contribution is 7.89. The van der Waals surface area contributed by atoms with E-state index in [1.165, 1.54) is 41.7 Å². The van der Waals surface area contributed by atoms with Crippen LogP contribution in [0.1, 0.15) is 42.5 Å². The zero-order valence-electron chi connectivity index (χ0n) is 17.7. The van der Waals surface area contributed by atoms with E-state index in [2.05, 4.69) is 5.32 Å². The predicted octanol–water partition coefficient (Wildman–Crippen LogP) is 3.41. The molecule has 0 spiro atoms. The van der Waals surface area contributed by atoms with Crippen molar-refractivity contribution in [3.8, 4) is 5.75 Å². The van der Waals surface area contributed by atoms with Crippen molar-refractivity contribution in [2.45, 2.75) is 43.0 Å². The summed E-state index contributed by atoms with van der Waals surface area (Å²) in [6, 6.07) is 10.1. The van der Waals surface area contributed by atoms with Gasteiger partial charge in [-0.1, -0.05) is 30.9 Å². The molecule has 0 unspecified atom stereocenters. The van der Waals surface area contributed by atoms with Gasteiger partial charge in [0.15, 0.2) is 0 Å². The number of nitrogens with two attached hydrogens (primary N) is 1. The van der Waals surface area contributed by atoms with Crippen LogP contribution in [0.4, 0.5) is 5.69 Å². The van der Waals surface area contributed by atoms with Gasteiger partial charge in [0.25, 0.3) is 0 Å². The van der Waals surface area contributed by atoms with E-state index in [1.54, 1.807) is 12.1 Å². The van der Waals surface area contributed by atoms with Gasteiger partial charge in [-0.25, -0.2) is 8.42 Å². The van der Waals surface area contributed by atoms with Crippen molar-refractivity contribution < 1.29 is 22.7 Å². The molecule has 1 saturated carbocycles. The highest BCUT2D eigenvalue weighted by Crippen LogP contribution is 2.32. The minimum Gasteiger partial charge on any atom is -0.495 e. The maximum atomic E-state index is 13.5. The predicted molar refractivity (Wildman–Crippen MR) is 122 cm³/mol. The van der Waals surface area contributed by atoms with E-state index in [-0.39, 0.29) is 22.5 Å². The first-order valence-corrected chi connectivity index (χ1v) is 12.1. The summed E-state index contributed by atoms with van der Waals surface area (Å²) < 4.78 is 33.3. The summed E-state index contributed by atoms with van der Waals surface area (Å²) in [6.07, 6.45) is 4.21. The van der Waals surface area contributed by atoms with Gasteiger partial charge in [-0.15, -0.1) is 0 Å². The molecule has 0 radical (unpaired) electrons. The van der Waals surface area contributed by atoms with Crippen molar-refractivity contribution in [3.63, 3.8) is 0 Å². The molecule has 32 heavy (non-hydrogen) atoms. The fourth-order valence-electron chi connectivity index (χ4n) is 3.78. The monoisotopic (exact) mass is 479 g/mol. The second-order valence-corrected chi connectivity index (χ2v) is 9.93. The van der Waals surface area contributed by atoms with Crippen molar-refractivity contribution in [1.82, 2.24) is 4.31 Å². The Bertz CT molecular complexity index is 1080. The Kier molecular flexibility index (Phi) is 7.76. The first-order valence-electron chi connectivity index (χ1n) is 10.3. The summed E-state index contributed by atoms with van der Waals surface area (Å²) in [6.45, 7) is -0.339. The van der Waals surface area contributed by atoms with Gasteiger partial charge in [0.1, 0.15) is 5.75 Å². The first kappa shape index (κ1) is 24.0. The Morgan fingerprint density at radius 1 is 1.12 bits per heavy atom. The van der Waals surface area contributed by atoms with E-state index in [0.29, 0.717) is 29.8 Å². The smallest absolute Gasteiger partial charge is 0.248 e. The van der Waals surface area contributed by atoms with E-state index in [4.69, 9.17) is 22.1 Å². The molecule has 8 nitrogen and oxygen atoms in total. The number of methoxy groups -OCH3 is 1. The molecule has 0 aromatic heterocycles. The third-order valence-corrected chi connectivity index (χ3v) is 7.65. The van der Waals surface area contributed by atoms with Gasteiger partial charge < -0.3 is 15.8 Å². The maximum Gasteiger partial charge on any atom is 0.248 e. The Morgan fingerprint density at radius 2 is 1.78 bits per heavy atom. The third kappa shape index (κ3) is 5.59. The molecule has 0 aliphatic heterocycles. The molecule has 3 rings (SSSR count). The summed E-state index contributed by atoms with van der Waals surface area (Å²) in [5.74, 6) is -0.687. The number of halogens is 1. The van der Waals surface area contributed by atoms with Crippen molar-refractivity contribution in [1.29, 1.82) is 0 Å². The van der Waals surface area contributed by atoms with Crippen LogP contribution >= 0.6 is 11.6 Å². The molecule has 1 fully saturated rings. The van der Waals surface area contributed by atoms with Gasteiger partial charge in [-0.3, -0.25) is 9.59 Å². The summed E-state index contributed by atoms with van der Waals surface area (Å²) >= 11 is 6.15. The van der Waals surface area contributed by atoms with Crippen LogP contribution < -0.4 is 15.8 Å². The van der Waals surface area contributed by atoms with Crippen LogP contribution in [0, 0.1) is 0 Å². The van der Waals surface area contributed by atoms with E-state index >= 15 is 0 Å². The number of carbonyl (C=O) groups is 2. The van der Waals surface area contributed by atoms with Crippen LogP contribution in [-0.4, -0.2) is 44.2 Å². The number of nitrogens with zero attached hydrogens (tertiary/aromatic N) is 1. The van der Waals surface area contributed by atoms with Crippen molar-refractivity contribution in [2.24, 2.45) is 5.73 Å². The molecule has 3 N–H and O–H groups in total. The minimum absolute atomic E-state index is 0.00693. The third-order valence-electron chi connectivity index (χ3n) is 5.46. The highest BCUT2D eigenvalue weighted by atomic mass is 35.5. The number of benzene rings is 2. The van der Waals surface area contributed by atoms with Gasteiger partial charge >= 0.3 is 0 Å². The van der Waals surface area contributed by atoms with Crippen molar-refractivity contribution in [3.05, 3.63) is 53.1 Å². The number of primary amides is 1. The molecule has 2 amide bonds. The summed E-state index contributed by atoms with van der Waals surface area (Å²) in [7, 11) is -2.53. The van der Waals surface area contributed by atoms with E-state index in [1.807, 2.05) is 0 Å². The number of carbonyl (C=O) groups excluding carboxylic acids is 2. The van der Waals surface area contributed by atoms with Crippen molar-refractivity contribution >= 4 is 39.1 Å². The number of sulfonamides is 1. The van der Waals surface area contributed by atoms with Crippen LogP contribution in [0.25, 0.3) is 0 Å². The molecule has 0 bridgehead atoms. The number of nitrogens with one attached hydrogen (secondary N) is 1. The lowest BCUT2D eigenvalue weighted by atomic mass is 9.95. The topological polar surface area (TPSA) is 119 Å². The number of hydrogen-bond donors (Lipinski definition) is 2. The second kappa shape index (κ2) is 10.3. The summed E-state index contributed by atoms with van der Waals surface area (Å²) in [4.78, 5) is 24.0. The standard InChI is InChI=1S/C22H26ClN3O5S/c1-31-20-12-11-18(13-19(20)23)32(29,30)26(17-5-3-2-4-6-17)14-21(27)25-16-9-7-15(8-10-16)22(24)28/h7-13,17H,2-6,14H2,1H3,(H2,24,28)(H,25,27). The summed E-state index contributed by atoms with van der Waals surface area (Å²) in [5.41, 5.74) is 5.98.